The summed E-state index contributed by atoms with van der Waals surface area (Å²) in [5.41, 5.74) is 6.07. The van der Waals surface area contributed by atoms with Crippen LogP contribution in [0.15, 0.2) is 46.9 Å². The number of furan rings is 1. The first-order valence-electron chi connectivity index (χ1n) is 12.0. The Balaban J connectivity index is 2.23. The van der Waals surface area contributed by atoms with Gasteiger partial charge in [-0.1, -0.05) is 58.9 Å². The molecule has 0 unspecified atom stereocenters. The molecule has 2 aromatic carbocycles. The quantitative estimate of drug-likeness (QED) is 0.245. The highest BCUT2D eigenvalue weighted by Gasteiger charge is 2.21. The summed E-state index contributed by atoms with van der Waals surface area (Å²) in [5.74, 6) is 1.95. The van der Waals surface area contributed by atoms with Crippen LogP contribution in [-0.2, 0) is 9.53 Å². The number of carbonyl (C=O) groups is 1. The fourth-order valence-corrected chi connectivity index (χ4v) is 3.90. The first-order valence-corrected chi connectivity index (χ1v) is 12.0. The Morgan fingerprint density at radius 3 is 2.42 bits per heavy atom. The highest BCUT2D eigenvalue weighted by Crippen LogP contribution is 2.43. The lowest BCUT2D eigenvalue weighted by Gasteiger charge is -2.21. The molecule has 3 rings (SSSR count). The minimum Gasteiger partial charge on any atom is -0.493 e. The first kappa shape index (κ1) is 24.6. The molecule has 0 aliphatic heterocycles. The lowest BCUT2D eigenvalue weighted by Crippen LogP contribution is -2.04. The maximum absolute atomic E-state index is 11.9. The van der Waals surface area contributed by atoms with Crippen LogP contribution in [0.2, 0.25) is 0 Å². The van der Waals surface area contributed by atoms with Crippen molar-refractivity contribution in [1.82, 2.24) is 0 Å². The van der Waals surface area contributed by atoms with Gasteiger partial charge in [0, 0.05) is 22.6 Å². The van der Waals surface area contributed by atoms with Crippen LogP contribution in [0.5, 0.6) is 5.75 Å². The zero-order valence-electron chi connectivity index (χ0n) is 21.0. The predicted molar refractivity (Wildman–Crippen MR) is 136 cm³/mol. The van der Waals surface area contributed by atoms with E-state index in [9.17, 15) is 4.79 Å². The minimum absolute atomic E-state index is 0.329. The summed E-state index contributed by atoms with van der Waals surface area (Å²) in [5, 5.41) is 0.988. The van der Waals surface area contributed by atoms with Gasteiger partial charge in [-0.15, -0.1) is 0 Å². The summed E-state index contributed by atoms with van der Waals surface area (Å²) < 4.78 is 17.7. The normalized spacial score (nSPS) is 12.1. The summed E-state index contributed by atoms with van der Waals surface area (Å²) >= 11 is 0. The molecule has 0 amide bonds. The molecule has 0 radical (unpaired) electrons. The number of rotatable bonds is 9. The number of ether oxygens (including phenoxy) is 2. The van der Waals surface area contributed by atoms with Gasteiger partial charge in [0.2, 0.25) is 0 Å². The number of esters is 1. The Hall–Kier alpha value is -3.01. The predicted octanol–water partition coefficient (Wildman–Crippen LogP) is 8.10. The molecule has 0 atom stereocenters. The number of carbonyl (C=O) groups excluding carboxylic acids is 1. The van der Waals surface area contributed by atoms with Crippen molar-refractivity contribution in [2.75, 3.05) is 13.2 Å². The highest BCUT2D eigenvalue weighted by molar-refractivity contribution is 5.97. The zero-order chi connectivity index (χ0) is 24.1. The van der Waals surface area contributed by atoms with Gasteiger partial charge in [-0.2, -0.15) is 0 Å². The summed E-state index contributed by atoms with van der Waals surface area (Å²) in [7, 11) is 0. The van der Waals surface area contributed by atoms with Gasteiger partial charge >= 0.3 is 5.97 Å². The molecule has 1 heterocycles. The number of benzene rings is 2. The number of hydrogen-bond donors (Lipinski definition) is 0. The van der Waals surface area contributed by atoms with Gasteiger partial charge in [0.25, 0.3) is 0 Å². The van der Waals surface area contributed by atoms with Crippen molar-refractivity contribution in [3.05, 3.63) is 59.4 Å². The second kappa shape index (κ2) is 10.7. The summed E-state index contributed by atoms with van der Waals surface area (Å²) in [6, 6.07) is 12.7. The topological polar surface area (TPSA) is 48.7 Å². The van der Waals surface area contributed by atoms with E-state index in [-0.39, 0.29) is 5.97 Å². The van der Waals surface area contributed by atoms with Crippen LogP contribution in [0.25, 0.3) is 27.7 Å². The average Bonchev–Trinajstić information content (AvgIpc) is 3.21. The lowest BCUT2D eigenvalue weighted by atomic mass is 9.89. The van der Waals surface area contributed by atoms with Crippen molar-refractivity contribution in [3.8, 4) is 16.9 Å². The second-order valence-electron chi connectivity index (χ2n) is 9.06. The Morgan fingerprint density at radius 1 is 1.03 bits per heavy atom. The number of hydrogen-bond acceptors (Lipinski definition) is 4. The Bertz CT molecular complexity index is 1150. The number of allylic oxidation sites excluding steroid dienone is 1. The monoisotopic (exact) mass is 448 g/mol. The van der Waals surface area contributed by atoms with Crippen molar-refractivity contribution < 1.29 is 18.7 Å². The fraction of sp³-hybridized carbons (Fsp3) is 0.414. The van der Waals surface area contributed by atoms with E-state index < -0.39 is 0 Å². The van der Waals surface area contributed by atoms with Gasteiger partial charge in [-0.05, 0) is 60.9 Å². The SMILES string of the molecule is CCCOc1c(-c2cccc3cc(/C(C)=C/C(=O)OCC)oc23)cc(C(C)C)cc1C(C)C. The molecule has 0 fully saturated rings. The van der Waals surface area contributed by atoms with E-state index in [1.807, 2.05) is 25.1 Å². The van der Waals surface area contributed by atoms with Crippen LogP contribution in [0.1, 0.15) is 83.6 Å². The molecule has 0 saturated carbocycles. The van der Waals surface area contributed by atoms with Gasteiger partial charge in [0.05, 0.1) is 13.2 Å². The van der Waals surface area contributed by atoms with Crippen LogP contribution in [0, 0.1) is 0 Å². The van der Waals surface area contributed by atoms with Crippen LogP contribution in [0.3, 0.4) is 0 Å². The van der Waals surface area contributed by atoms with Crippen molar-refractivity contribution in [1.29, 1.82) is 0 Å². The van der Waals surface area contributed by atoms with Gasteiger partial charge < -0.3 is 13.9 Å². The molecule has 3 aromatic rings. The molecule has 0 spiro atoms. The van der Waals surface area contributed by atoms with Crippen molar-refractivity contribution in [2.45, 2.75) is 66.7 Å². The van der Waals surface area contributed by atoms with Crippen molar-refractivity contribution in [2.24, 2.45) is 0 Å². The summed E-state index contributed by atoms with van der Waals surface area (Å²) in [6.07, 6.45) is 2.42. The Labute approximate surface area is 197 Å². The van der Waals surface area contributed by atoms with Crippen LogP contribution >= 0.6 is 0 Å². The first-order chi connectivity index (χ1) is 15.8. The van der Waals surface area contributed by atoms with Crippen LogP contribution in [0.4, 0.5) is 0 Å². The molecule has 176 valence electrons. The smallest absolute Gasteiger partial charge is 0.331 e. The molecule has 0 saturated heterocycles. The number of fused-ring (bicyclic) bond motifs is 1. The maximum atomic E-state index is 11.9. The van der Waals surface area contributed by atoms with Crippen molar-refractivity contribution >= 4 is 22.5 Å². The van der Waals surface area contributed by atoms with E-state index in [0.29, 0.717) is 30.8 Å². The minimum atomic E-state index is -0.364. The van der Waals surface area contributed by atoms with E-state index in [0.717, 1.165) is 39.8 Å². The molecular weight excluding hydrogens is 412 g/mol. The van der Waals surface area contributed by atoms with Gasteiger partial charge in [0.1, 0.15) is 17.1 Å². The maximum Gasteiger partial charge on any atom is 0.331 e. The zero-order valence-corrected chi connectivity index (χ0v) is 21.0. The van der Waals surface area contributed by atoms with Crippen molar-refractivity contribution in [3.63, 3.8) is 0 Å². The van der Waals surface area contributed by atoms with Gasteiger partial charge in [-0.25, -0.2) is 4.79 Å². The van der Waals surface area contributed by atoms with Gasteiger partial charge in [-0.3, -0.25) is 0 Å². The molecule has 33 heavy (non-hydrogen) atoms. The molecular formula is C29H36O4. The second-order valence-corrected chi connectivity index (χ2v) is 9.06. The Morgan fingerprint density at radius 2 is 1.79 bits per heavy atom. The molecule has 1 aromatic heterocycles. The van der Waals surface area contributed by atoms with E-state index in [1.165, 1.54) is 17.2 Å². The van der Waals surface area contributed by atoms with E-state index >= 15 is 0 Å². The van der Waals surface area contributed by atoms with Gasteiger partial charge in [0.15, 0.2) is 0 Å². The summed E-state index contributed by atoms with van der Waals surface area (Å²) in [4.78, 5) is 11.9. The fourth-order valence-electron chi connectivity index (χ4n) is 3.90. The molecule has 4 heteroatoms. The Kier molecular flexibility index (Phi) is 8.01. The third-order valence-electron chi connectivity index (χ3n) is 5.72. The molecule has 0 aliphatic carbocycles. The van der Waals surface area contributed by atoms with Crippen LogP contribution in [-0.4, -0.2) is 19.2 Å². The third kappa shape index (κ3) is 5.50. The lowest BCUT2D eigenvalue weighted by molar-refractivity contribution is -0.137. The summed E-state index contributed by atoms with van der Waals surface area (Å²) in [6.45, 7) is 15.6. The van der Waals surface area contributed by atoms with Crippen LogP contribution < -0.4 is 4.74 Å². The number of para-hydroxylation sites is 1. The molecule has 0 N–H and O–H groups in total. The highest BCUT2D eigenvalue weighted by atomic mass is 16.5. The van der Waals surface area contributed by atoms with E-state index in [1.54, 1.807) is 6.92 Å². The average molecular weight is 449 g/mol. The third-order valence-corrected chi connectivity index (χ3v) is 5.72. The molecule has 4 nitrogen and oxygen atoms in total. The largest absolute Gasteiger partial charge is 0.493 e. The van der Waals surface area contributed by atoms with E-state index in [2.05, 4.69) is 52.8 Å². The molecule has 0 aliphatic rings. The standard InChI is InChI=1S/C29H36O4/c1-8-13-32-29-24(19(5)6)15-22(18(3)4)16-25(29)23-12-10-11-21-17-26(33-28(21)23)20(7)14-27(30)31-9-2/h10-12,14-19H,8-9,13H2,1-7H3/b20-14+. The van der Waals surface area contributed by atoms with E-state index in [4.69, 9.17) is 13.9 Å². The molecule has 0 bridgehead atoms.